The summed E-state index contributed by atoms with van der Waals surface area (Å²) in [5.74, 6) is -0.437. The zero-order valence-electron chi connectivity index (χ0n) is 19.1. The Bertz CT molecular complexity index is 1040. The first-order chi connectivity index (χ1) is 16.0. The number of ether oxygens (including phenoxy) is 1. The predicted molar refractivity (Wildman–Crippen MR) is 125 cm³/mol. The van der Waals surface area contributed by atoms with E-state index < -0.39 is 5.41 Å². The molecule has 1 saturated carbocycles. The number of nitrogens with two attached hydrogens (primary N) is 1. The largest absolute Gasteiger partial charge is 0.466 e. The molecule has 0 unspecified atom stereocenters. The fourth-order valence-electron chi connectivity index (χ4n) is 5.37. The highest BCUT2D eigenvalue weighted by Crippen LogP contribution is 2.49. The number of imidazole rings is 1. The highest BCUT2D eigenvalue weighted by atomic mass is 16.5. The number of aromatic nitrogens is 2. The van der Waals surface area contributed by atoms with Gasteiger partial charge in [-0.25, -0.2) is 9.13 Å². The first-order valence-electron chi connectivity index (χ1n) is 11.6. The van der Waals surface area contributed by atoms with Gasteiger partial charge in [-0.05, 0) is 36.3 Å². The van der Waals surface area contributed by atoms with Crippen molar-refractivity contribution in [2.24, 2.45) is 11.7 Å². The molecule has 2 atom stereocenters. The molecule has 172 valence electrons. The van der Waals surface area contributed by atoms with E-state index in [0.717, 1.165) is 43.4 Å². The molecule has 33 heavy (non-hydrogen) atoms. The van der Waals surface area contributed by atoms with Gasteiger partial charge in [-0.3, -0.25) is 9.59 Å². The molecule has 1 aliphatic rings. The lowest BCUT2D eigenvalue weighted by molar-refractivity contribution is -0.697. The molecule has 0 saturated heterocycles. The molecule has 1 aromatic heterocycles. The van der Waals surface area contributed by atoms with Gasteiger partial charge in [0.1, 0.15) is 23.9 Å². The van der Waals surface area contributed by atoms with Crippen LogP contribution < -0.4 is 10.3 Å². The molecule has 0 radical (unpaired) electrons. The van der Waals surface area contributed by atoms with E-state index in [2.05, 4.69) is 27.9 Å². The zero-order valence-corrected chi connectivity index (χ0v) is 19.1. The SMILES string of the molecule is CC(=O)OCCC[n+]1ccn([C@H]2CC[C@H](C(C(N)=O)(c3ccccc3)c3ccccc3)C2)c1. The minimum Gasteiger partial charge on any atom is -0.466 e. The average Bonchev–Trinajstić information content (AvgIpc) is 3.49. The summed E-state index contributed by atoms with van der Waals surface area (Å²) in [6.45, 7) is 2.64. The topological polar surface area (TPSA) is 78.2 Å². The summed E-state index contributed by atoms with van der Waals surface area (Å²) in [7, 11) is 0. The fourth-order valence-corrected chi connectivity index (χ4v) is 5.37. The van der Waals surface area contributed by atoms with Crippen LogP contribution in [0, 0.1) is 5.92 Å². The summed E-state index contributed by atoms with van der Waals surface area (Å²) in [5.41, 5.74) is 7.27. The van der Waals surface area contributed by atoms with E-state index in [0.29, 0.717) is 12.6 Å². The van der Waals surface area contributed by atoms with Gasteiger partial charge in [0, 0.05) is 13.3 Å². The quantitative estimate of drug-likeness (QED) is 0.310. The van der Waals surface area contributed by atoms with Crippen molar-refractivity contribution < 1.29 is 18.9 Å². The smallest absolute Gasteiger partial charge is 0.302 e. The molecule has 6 heteroatoms. The maximum absolute atomic E-state index is 13.2. The number of esters is 1. The fraction of sp³-hybridized carbons (Fsp3) is 0.370. The standard InChI is InChI=1S/C27H31N3O3/c1-21(31)33-18-8-15-29-16-17-30(20-29)25-14-13-24(19-25)27(26(28)32,22-9-4-2-5-10-22)23-11-6-3-7-12-23/h2-7,9-12,16-17,20,24-25H,8,13-15,18-19H2,1H3,(H-,28,32)/p+1/t24-,25-/m0/s1. The number of nitrogens with zero attached hydrogens (tertiary/aromatic N) is 2. The van der Waals surface area contributed by atoms with Crippen LogP contribution >= 0.6 is 0 Å². The van der Waals surface area contributed by atoms with E-state index in [1.54, 1.807) is 0 Å². The number of rotatable bonds is 9. The molecule has 4 rings (SSSR count). The highest BCUT2D eigenvalue weighted by Gasteiger charge is 2.50. The van der Waals surface area contributed by atoms with Gasteiger partial charge in [-0.15, -0.1) is 0 Å². The average molecular weight is 447 g/mol. The summed E-state index contributed by atoms with van der Waals surface area (Å²) in [6, 6.07) is 20.3. The Labute approximate surface area is 195 Å². The van der Waals surface area contributed by atoms with Crippen molar-refractivity contribution >= 4 is 11.9 Å². The lowest BCUT2D eigenvalue weighted by Crippen LogP contribution is -2.47. The molecule has 0 bridgehead atoms. The van der Waals surface area contributed by atoms with Gasteiger partial charge in [-0.1, -0.05) is 60.7 Å². The number of hydrogen-bond acceptors (Lipinski definition) is 3. The van der Waals surface area contributed by atoms with Crippen molar-refractivity contribution in [3.05, 3.63) is 90.5 Å². The highest BCUT2D eigenvalue weighted by molar-refractivity contribution is 5.91. The summed E-state index contributed by atoms with van der Waals surface area (Å²) in [6.07, 6.45) is 9.80. The monoisotopic (exact) mass is 446 g/mol. The first-order valence-corrected chi connectivity index (χ1v) is 11.6. The van der Waals surface area contributed by atoms with Gasteiger partial charge in [0.25, 0.3) is 0 Å². The molecule has 0 spiro atoms. The Hall–Kier alpha value is -3.41. The van der Waals surface area contributed by atoms with Crippen LogP contribution in [0.4, 0.5) is 0 Å². The number of primary amides is 1. The molecule has 0 aliphatic heterocycles. The summed E-state index contributed by atoms with van der Waals surface area (Å²) >= 11 is 0. The van der Waals surface area contributed by atoms with Crippen LogP contribution in [0.5, 0.6) is 0 Å². The number of carbonyl (C=O) groups is 2. The third-order valence-corrected chi connectivity index (χ3v) is 6.86. The van der Waals surface area contributed by atoms with Gasteiger partial charge < -0.3 is 10.5 Å². The van der Waals surface area contributed by atoms with E-state index in [9.17, 15) is 9.59 Å². The zero-order chi connectivity index (χ0) is 23.3. The molecule has 2 N–H and O–H groups in total. The maximum atomic E-state index is 13.2. The Kier molecular flexibility index (Phi) is 6.92. The van der Waals surface area contributed by atoms with E-state index in [4.69, 9.17) is 10.5 Å². The minimum atomic E-state index is -0.857. The van der Waals surface area contributed by atoms with Crippen LogP contribution in [0.1, 0.15) is 49.8 Å². The van der Waals surface area contributed by atoms with Crippen molar-refractivity contribution in [1.82, 2.24) is 4.57 Å². The Balaban J connectivity index is 1.57. The number of amides is 1. The van der Waals surface area contributed by atoms with Crippen molar-refractivity contribution in [3.8, 4) is 0 Å². The number of benzene rings is 2. The van der Waals surface area contributed by atoms with Crippen LogP contribution in [-0.4, -0.2) is 23.1 Å². The molecular formula is C27H32N3O3+. The first kappa shape index (κ1) is 22.8. The number of aryl methyl sites for hydroxylation is 1. The number of hydrogen-bond donors (Lipinski definition) is 1. The van der Waals surface area contributed by atoms with Gasteiger partial charge in [0.15, 0.2) is 0 Å². The van der Waals surface area contributed by atoms with Gasteiger partial charge >= 0.3 is 5.97 Å². The van der Waals surface area contributed by atoms with E-state index in [-0.39, 0.29) is 17.8 Å². The third-order valence-electron chi connectivity index (χ3n) is 6.86. The normalized spacial score (nSPS) is 18.2. The molecule has 1 fully saturated rings. The van der Waals surface area contributed by atoms with Crippen molar-refractivity contribution in [3.63, 3.8) is 0 Å². The molecule has 1 aliphatic carbocycles. The Morgan fingerprint density at radius 1 is 1.06 bits per heavy atom. The molecule has 1 amide bonds. The van der Waals surface area contributed by atoms with Crippen LogP contribution in [0.15, 0.2) is 79.4 Å². The minimum absolute atomic E-state index is 0.101. The van der Waals surface area contributed by atoms with E-state index in [1.165, 1.54) is 6.92 Å². The van der Waals surface area contributed by atoms with Crippen molar-refractivity contribution in [1.29, 1.82) is 0 Å². The Morgan fingerprint density at radius 2 is 1.70 bits per heavy atom. The van der Waals surface area contributed by atoms with E-state index in [1.807, 2.05) is 60.7 Å². The van der Waals surface area contributed by atoms with Crippen LogP contribution in [0.2, 0.25) is 0 Å². The second-order valence-corrected chi connectivity index (χ2v) is 8.86. The van der Waals surface area contributed by atoms with Gasteiger partial charge in [-0.2, -0.15) is 0 Å². The number of carbonyl (C=O) groups excluding carboxylic acids is 2. The summed E-state index contributed by atoms with van der Waals surface area (Å²) in [4.78, 5) is 24.2. The lowest BCUT2D eigenvalue weighted by Gasteiger charge is -2.37. The molecule has 6 nitrogen and oxygen atoms in total. The molecule has 2 aromatic carbocycles. The Morgan fingerprint density at radius 3 is 2.27 bits per heavy atom. The van der Waals surface area contributed by atoms with Crippen LogP contribution in [-0.2, 0) is 26.3 Å². The lowest BCUT2D eigenvalue weighted by atomic mass is 9.64. The molecule has 3 aromatic rings. The van der Waals surface area contributed by atoms with Gasteiger partial charge in [0.05, 0.1) is 13.2 Å². The second-order valence-electron chi connectivity index (χ2n) is 8.86. The van der Waals surface area contributed by atoms with Crippen molar-refractivity contribution in [2.45, 2.75) is 50.6 Å². The van der Waals surface area contributed by atoms with Gasteiger partial charge in [0.2, 0.25) is 12.2 Å². The maximum Gasteiger partial charge on any atom is 0.302 e. The second kappa shape index (κ2) is 10.0. The van der Waals surface area contributed by atoms with E-state index >= 15 is 0 Å². The van der Waals surface area contributed by atoms with Crippen LogP contribution in [0.3, 0.4) is 0 Å². The summed E-state index contributed by atoms with van der Waals surface area (Å²) in [5, 5.41) is 0. The molecule has 1 heterocycles. The third kappa shape index (κ3) is 4.70. The van der Waals surface area contributed by atoms with Crippen molar-refractivity contribution in [2.75, 3.05) is 6.61 Å². The summed E-state index contributed by atoms with van der Waals surface area (Å²) < 4.78 is 9.39. The predicted octanol–water partition coefficient (Wildman–Crippen LogP) is 3.54. The van der Waals surface area contributed by atoms with Crippen LogP contribution in [0.25, 0.3) is 0 Å². The molecular weight excluding hydrogens is 414 g/mol.